The van der Waals surface area contributed by atoms with Gasteiger partial charge in [0.05, 0.1) is 16.2 Å². The van der Waals surface area contributed by atoms with Gasteiger partial charge in [-0.05, 0) is 275 Å². The molecule has 4 atom stereocenters. The molecule has 1 spiro atoms. The smallest absolute Gasteiger partial charge is 0.130 e. The average Bonchev–Trinajstić information content (AvgIpc) is 1.51. The van der Waals surface area contributed by atoms with Crippen LogP contribution < -0.4 is 19.3 Å². The highest BCUT2D eigenvalue weighted by Gasteiger charge is 2.54. The Kier molecular flexibility index (Phi) is 16.1. The van der Waals surface area contributed by atoms with E-state index in [4.69, 9.17) is 9.47 Å². The maximum atomic E-state index is 17.5. The molecule has 542 valence electrons. The number of fused-ring (bicyclic) bond motifs is 16. The van der Waals surface area contributed by atoms with E-state index in [9.17, 15) is 0 Å². The Morgan fingerprint density at radius 2 is 0.637 bits per heavy atom. The van der Waals surface area contributed by atoms with Crippen molar-refractivity contribution < 1.29 is 35.8 Å². The fourth-order valence-electron chi connectivity index (χ4n) is 18.8. The van der Waals surface area contributed by atoms with Gasteiger partial charge in [-0.15, -0.1) is 0 Å². The van der Waals surface area contributed by atoms with Crippen LogP contribution in [0, 0.1) is 34.9 Å². The second-order valence-corrected chi connectivity index (χ2v) is 29.3. The summed E-state index contributed by atoms with van der Waals surface area (Å²) in [5.74, 6) is -2.05. The van der Waals surface area contributed by atoms with Crippen LogP contribution >= 0.6 is 0 Å². The van der Waals surface area contributed by atoms with E-state index in [1.54, 1.807) is 36.4 Å². The van der Waals surface area contributed by atoms with E-state index in [1.807, 2.05) is 170 Å². The topological polar surface area (TPSA) is 24.9 Å². The van der Waals surface area contributed by atoms with E-state index in [2.05, 4.69) is 114 Å². The SMILES string of the molecule is C=CC1=CCC(Oc2ccc(C3(c4c(F)cccc4F)c4ccccc4-c4ccc(N(c5ccc(F)cc5)c5ccc6c(c5)C5(c7ccccc7-c7ccc(N(c8ccc(F)cc8)c8ccc9c(c8)C(c8ccc(Oc%10ccc(C=C)cc%10)cc8)(c8c(F)cccc8F)c8ccccc8-9)cc75)c5ccccc5-6)cc43)cc2)C=C1. The first-order valence-corrected chi connectivity index (χ1v) is 37.6. The van der Waals surface area contributed by atoms with E-state index >= 15 is 26.3 Å². The molecule has 0 fully saturated rings. The summed E-state index contributed by atoms with van der Waals surface area (Å²) in [4.78, 5) is 4.17. The molecule has 0 aromatic heterocycles. The normalized spacial score (nSPS) is 17.4. The third kappa shape index (κ3) is 10.5. The van der Waals surface area contributed by atoms with Gasteiger partial charge in [-0.3, -0.25) is 0 Å². The minimum absolute atomic E-state index is 0.136. The number of rotatable bonds is 16. The highest BCUT2D eigenvalue weighted by molar-refractivity contribution is 5.99. The lowest BCUT2D eigenvalue weighted by atomic mass is 9.67. The lowest BCUT2D eigenvalue weighted by molar-refractivity contribution is 0.251. The van der Waals surface area contributed by atoms with Crippen molar-refractivity contribution in [3.63, 3.8) is 0 Å². The van der Waals surface area contributed by atoms with Gasteiger partial charge in [0.25, 0.3) is 0 Å². The zero-order valence-electron chi connectivity index (χ0n) is 60.7. The molecule has 15 aromatic rings. The minimum Gasteiger partial charge on any atom is -0.486 e. The molecule has 0 aliphatic heterocycles. The van der Waals surface area contributed by atoms with Crippen LogP contribution in [0.5, 0.6) is 17.2 Å². The van der Waals surface area contributed by atoms with E-state index in [0.29, 0.717) is 91.2 Å². The maximum absolute atomic E-state index is 17.5. The Labute approximate surface area is 650 Å². The van der Waals surface area contributed by atoms with E-state index in [0.717, 1.165) is 77.9 Å². The molecule has 20 rings (SSSR count). The van der Waals surface area contributed by atoms with Gasteiger partial charge in [-0.1, -0.05) is 207 Å². The molecular formula is C103H66F6N2O2. The van der Waals surface area contributed by atoms with Crippen LogP contribution in [-0.2, 0) is 16.2 Å². The molecule has 5 aliphatic rings. The zero-order valence-corrected chi connectivity index (χ0v) is 60.7. The first-order chi connectivity index (χ1) is 55.4. The number of anilines is 6. The summed E-state index contributed by atoms with van der Waals surface area (Å²) in [5, 5.41) is 0. The van der Waals surface area contributed by atoms with Crippen molar-refractivity contribution in [2.24, 2.45) is 0 Å². The molecule has 0 N–H and O–H groups in total. The molecule has 0 radical (unpaired) electrons. The Morgan fingerprint density at radius 1 is 0.310 bits per heavy atom. The van der Waals surface area contributed by atoms with Crippen molar-refractivity contribution in [2.45, 2.75) is 28.8 Å². The average molecular weight is 1480 g/mol. The predicted molar refractivity (Wildman–Crippen MR) is 440 cm³/mol. The van der Waals surface area contributed by atoms with Crippen LogP contribution in [0.2, 0.25) is 0 Å². The lowest BCUT2D eigenvalue weighted by Gasteiger charge is -2.36. The molecule has 5 aliphatic carbocycles. The van der Waals surface area contributed by atoms with Crippen molar-refractivity contribution in [3.05, 3.63) is 478 Å². The van der Waals surface area contributed by atoms with Gasteiger partial charge >= 0.3 is 0 Å². The van der Waals surface area contributed by atoms with Crippen LogP contribution in [0.4, 0.5) is 60.5 Å². The number of hydrogen-bond acceptors (Lipinski definition) is 4. The molecule has 0 bridgehead atoms. The Balaban J connectivity index is 0.769. The fraction of sp³-hybridized carbons (Fsp3) is 0.0485. The summed E-state index contributed by atoms with van der Waals surface area (Å²) in [6.45, 7) is 7.81. The Morgan fingerprint density at radius 3 is 0.991 bits per heavy atom. The molecule has 10 heteroatoms. The second kappa shape index (κ2) is 26.7. The summed E-state index contributed by atoms with van der Waals surface area (Å²) < 4.78 is 114. The molecule has 4 unspecified atom stereocenters. The maximum Gasteiger partial charge on any atom is 0.130 e. The molecular weight excluding hydrogens is 1410 g/mol. The first-order valence-electron chi connectivity index (χ1n) is 37.6. The predicted octanol–water partition coefficient (Wildman–Crippen LogP) is 26.8. The highest BCUT2D eigenvalue weighted by atomic mass is 19.2. The lowest BCUT2D eigenvalue weighted by Crippen LogP contribution is -2.31. The number of ether oxygens (including phenoxy) is 2. The van der Waals surface area contributed by atoms with E-state index in [1.165, 1.54) is 60.7 Å². The number of benzene rings is 15. The van der Waals surface area contributed by atoms with Crippen molar-refractivity contribution in [1.82, 2.24) is 0 Å². The zero-order chi connectivity index (χ0) is 76.4. The summed E-state index contributed by atoms with van der Waals surface area (Å²) in [7, 11) is 0. The second-order valence-electron chi connectivity index (χ2n) is 29.3. The molecule has 4 nitrogen and oxygen atoms in total. The van der Waals surface area contributed by atoms with Crippen LogP contribution in [0.3, 0.4) is 0 Å². The molecule has 0 heterocycles. The van der Waals surface area contributed by atoms with E-state index in [-0.39, 0.29) is 17.2 Å². The standard InChI is InChI=1S/C103H66F6N2O2/c1-3-63-27-47-75(48-28-63)112-77-51-31-65(32-52-77)101(99-95(106)23-13-24-96(99)107)87-19-9-5-15-79(87)83-55-43-71(59-91(83)101)110(69-39-35-67(104)36-40-69)73-45-57-85-81-17-7-11-21-89(81)103(93(85)61-73)90-22-12-8-18-82(90)86-58-46-74(62-94(86)103)111(70-41-37-68(105)38-42-70)72-44-56-84-80-16-6-10-20-88(80)102(92(84)60-72,100-97(108)25-14-26-98(100)109)66-33-53-78(54-34-66)113-76-49-29-64(4-2)30-50-76/h3-49,51-62,76H,1-2,50H2. The van der Waals surface area contributed by atoms with Gasteiger partial charge < -0.3 is 19.3 Å². The number of hydrogen-bond donors (Lipinski definition) is 0. The van der Waals surface area contributed by atoms with Gasteiger partial charge in [0.15, 0.2) is 0 Å². The summed E-state index contributed by atoms with van der Waals surface area (Å²) >= 11 is 0. The quantitative estimate of drug-likeness (QED) is 0.0900. The highest BCUT2D eigenvalue weighted by Crippen LogP contribution is 2.66. The fourth-order valence-corrected chi connectivity index (χ4v) is 18.8. The van der Waals surface area contributed by atoms with Gasteiger partial charge in [-0.25, -0.2) is 26.3 Å². The molecule has 0 saturated carbocycles. The third-order valence-corrected chi connectivity index (χ3v) is 23.5. The largest absolute Gasteiger partial charge is 0.486 e. The molecule has 0 amide bonds. The van der Waals surface area contributed by atoms with Crippen molar-refractivity contribution in [3.8, 4) is 61.8 Å². The summed E-state index contributed by atoms with van der Waals surface area (Å²) in [6.07, 6.45) is 10.0. The van der Waals surface area contributed by atoms with E-state index < -0.39 is 51.1 Å². The van der Waals surface area contributed by atoms with Gasteiger partial charge in [-0.2, -0.15) is 0 Å². The third-order valence-electron chi connectivity index (χ3n) is 23.5. The van der Waals surface area contributed by atoms with Crippen LogP contribution in [0.15, 0.2) is 371 Å². The van der Waals surface area contributed by atoms with Gasteiger partial charge in [0.1, 0.15) is 58.3 Å². The molecule has 113 heavy (non-hydrogen) atoms. The Hall–Kier alpha value is -14.0. The molecule has 0 saturated heterocycles. The van der Waals surface area contributed by atoms with Crippen LogP contribution in [0.25, 0.3) is 50.6 Å². The van der Waals surface area contributed by atoms with Crippen LogP contribution in [-0.4, -0.2) is 6.10 Å². The minimum atomic E-state index is -1.58. The Bertz CT molecular complexity index is 6440. The van der Waals surface area contributed by atoms with Crippen molar-refractivity contribution in [1.29, 1.82) is 0 Å². The van der Waals surface area contributed by atoms with Crippen molar-refractivity contribution >= 4 is 40.2 Å². The van der Waals surface area contributed by atoms with Crippen LogP contribution in [0.1, 0.15) is 78.7 Å². The monoisotopic (exact) mass is 1480 g/mol. The first kappa shape index (κ1) is 68.3. The molecule has 15 aromatic carbocycles. The number of allylic oxidation sites excluding steroid dienone is 3. The summed E-state index contributed by atoms with van der Waals surface area (Å²) in [6, 6.07) is 101. The number of nitrogens with zero attached hydrogens (tertiary/aromatic N) is 2. The van der Waals surface area contributed by atoms with Gasteiger partial charge in [0.2, 0.25) is 0 Å². The number of halogens is 6. The van der Waals surface area contributed by atoms with Crippen molar-refractivity contribution in [2.75, 3.05) is 9.80 Å². The summed E-state index contributed by atoms with van der Waals surface area (Å²) in [5.41, 5.74) is 16.3. The van der Waals surface area contributed by atoms with Gasteiger partial charge in [0, 0.05) is 51.7 Å².